The molecule has 0 atom stereocenters. The van der Waals surface area contributed by atoms with Gasteiger partial charge in [0.25, 0.3) is 0 Å². The zero-order chi connectivity index (χ0) is 14.8. The highest BCUT2D eigenvalue weighted by molar-refractivity contribution is 9.10. The summed E-state index contributed by atoms with van der Waals surface area (Å²) in [6, 6.07) is 12.5. The van der Waals surface area contributed by atoms with Crippen LogP contribution in [0, 0.1) is 5.82 Å². The first-order valence-corrected chi connectivity index (χ1v) is 7.50. The maximum atomic E-state index is 13.3. The molecule has 0 amide bonds. The standard InChI is InChI=1S/C16H14BrFN2O/c1-2-20-16-6-4-3-5-14(16)15(19-20)10-21-13-8-11(17)7-12(18)9-13/h3-9H,2,10H2,1H3. The van der Waals surface area contributed by atoms with Crippen LogP contribution in [0.4, 0.5) is 4.39 Å². The number of halogens is 2. The fourth-order valence-corrected chi connectivity index (χ4v) is 2.75. The molecule has 21 heavy (non-hydrogen) atoms. The van der Waals surface area contributed by atoms with E-state index in [1.54, 1.807) is 6.07 Å². The van der Waals surface area contributed by atoms with E-state index in [0.29, 0.717) is 16.8 Å². The summed E-state index contributed by atoms with van der Waals surface area (Å²) in [6.45, 7) is 3.16. The lowest BCUT2D eigenvalue weighted by atomic mass is 10.2. The number of para-hydroxylation sites is 1. The fraction of sp³-hybridized carbons (Fsp3) is 0.188. The van der Waals surface area contributed by atoms with Gasteiger partial charge in [-0.1, -0.05) is 34.1 Å². The van der Waals surface area contributed by atoms with Crippen molar-refractivity contribution in [1.82, 2.24) is 9.78 Å². The quantitative estimate of drug-likeness (QED) is 0.692. The summed E-state index contributed by atoms with van der Waals surface area (Å²) >= 11 is 3.25. The van der Waals surface area contributed by atoms with E-state index in [4.69, 9.17) is 4.74 Å². The average Bonchev–Trinajstić information content (AvgIpc) is 2.82. The molecule has 0 aliphatic rings. The van der Waals surface area contributed by atoms with Crippen molar-refractivity contribution in [3.05, 3.63) is 58.4 Å². The van der Waals surface area contributed by atoms with Crippen LogP contribution in [0.25, 0.3) is 10.9 Å². The molecule has 3 nitrogen and oxygen atoms in total. The van der Waals surface area contributed by atoms with Crippen molar-refractivity contribution in [2.45, 2.75) is 20.1 Å². The van der Waals surface area contributed by atoms with E-state index >= 15 is 0 Å². The number of benzene rings is 2. The minimum absolute atomic E-state index is 0.309. The molecule has 0 spiro atoms. The summed E-state index contributed by atoms with van der Waals surface area (Å²) in [5.41, 5.74) is 1.94. The maximum Gasteiger partial charge on any atom is 0.133 e. The third-order valence-corrected chi connectivity index (χ3v) is 3.70. The molecule has 3 aromatic rings. The van der Waals surface area contributed by atoms with E-state index in [-0.39, 0.29) is 5.82 Å². The molecule has 0 aliphatic carbocycles. The van der Waals surface area contributed by atoms with Gasteiger partial charge in [0.2, 0.25) is 0 Å². The normalized spacial score (nSPS) is 11.0. The lowest BCUT2D eigenvalue weighted by Crippen LogP contribution is -2.00. The van der Waals surface area contributed by atoms with Crippen LogP contribution in [0.15, 0.2) is 46.9 Å². The van der Waals surface area contributed by atoms with Crippen molar-refractivity contribution >= 4 is 26.8 Å². The van der Waals surface area contributed by atoms with Gasteiger partial charge in [-0.3, -0.25) is 4.68 Å². The first-order valence-electron chi connectivity index (χ1n) is 6.70. The minimum atomic E-state index is -0.330. The van der Waals surface area contributed by atoms with E-state index in [0.717, 1.165) is 23.1 Å². The zero-order valence-electron chi connectivity index (χ0n) is 11.5. The van der Waals surface area contributed by atoms with Gasteiger partial charge in [-0.15, -0.1) is 0 Å². The molecule has 0 fully saturated rings. The second-order valence-electron chi connectivity index (χ2n) is 4.67. The topological polar surface area (TPSA) is 27.1 Å². The second-order valence-corrected chi connectivity index (χ2v) is 5.59. The van der Waals surface area contributed by atoms with E-state index in [2.05, 4.69) is 21.0 Å². The Labute approximate surface area is 130 Å². The molecule has 3 rings (SSSR count). The van der Waals surface area contributed by atoms with E-state index < -0.39 is 0 Å². The van der Waals surface area contributed by atoms with Crippen molar-refractivity contribution in [3.63, 3.8) is 0 Å². The van der Waals surface area contributed by atoms with Gasteiger partial charge in [0.1, 0.15) is 23.9 Å². The molecule has 0 N–H and O–H groups in total. The Balaban J connectivity index is 1.88. The summed E-state index contributed by atoms with van der Waals surface area (Å²) in [6.07, 6.45) is 0. The second kappa shape index (κ2) is 5.85. The Morgan fingerprint density at radius 1 is 1.24 bits per heavy atom. The first-order chi connectivity index (χ1) is 10.2. The summed E-state index contributed by atoms with van der Waals surface area (Å²) < 4.78 is 21.6. The monoisotopic (exact) mass is 348 g/mol. The molecule has 0 aliphatic heterocycles. The number of aromatic nitrogens is 2. The van der Waals surface area contributed by atoms with Gasteiger partial charge < -0.3 is 4.74 Å². The van der Waals surface area contributed by atoms with Crippen molar-refractivity contribution < 1.29 is 9.13 Å². The predicted molar refractivity (Wildman–Crippen MR) is 83.8 cm³/mol. The fourth-order valence-electron chi connectivity index (χ4n) is 2.31. The lowest BCUT2D eigenvalue weighted by Gasteiger charge is -2.05. The Kier molecular flexibility index (Phi) is 3.92. The number of nitrogens with zero attached hydrogens (tertiary/aromatic N) is 2. The summed E-state index contributed by atoms with van der Waals surface area (Å²) in [7, 11) is 0. The molecule has 0 saturated heterocycles. The molecule has 1 aromatic heterocycles. The molecular weight excluding hydrogens is 335 g/mol. The third kappa shape index (κ3) is 2.93. The van der Waals surface area contributed by atoms with Gasteiger partial charge in [0, 0.05) is 22.5 Å². The number of fused-ring (bicyclic) bond motifs is 1. The Bertz CT molecular complexity index is 765. The number of aryl methyl sites for hydroxylation is 1. The van der Waals surface area contributed by atoms with Crippen molar-refractivity contribution in [2.24, 2.45) is 0 Å². The van der Waals surface area contributed by atoms with Gasteiger partial charge in [0.05, 0.1) is 5.52 Å². The minimum Gasteiger partial charge on any atom is -0.487 e. The van der Waals surface area contributed by atoms with Crippen LogP contribution in [0.5, 0.6) is 5.75 Å². The number of rotatable bonds is 4. The number of ether oxygens (including phenoxy) is 1. The molecule has 1 heterocycles. The lowest BCUT2D eigenvalue weighted by molar-refractivity contribution is 0.299. The Morgan fingerprint density at radius 3 is 2.81 bits per heavy atom. The molecule has 0 saturated carbocycles. The molecular formula is C16H14BrFN2O. The smallest absolute Gasteiger partial charge is 0.133 e. The van der Waals surface area contributed by atoms with Gasteiger partial charge in [-0.25, -0.2) is 4.39 Å². The van der Waals surface area contributed by atoms with Crippen molar-refractivity contribution in [3.8, 4) is 5.75 Å². The van der Waals surface area contributed by atoms with E-state index in [1.165, 1.54) is 12.1 Å². The number of hydrogen-bond donors (Lipinski definition) is 0. The average molecular weight is 349 g/mol. The zero-order valence-corrected chi connectivity index (χ0v) is 13.1. The highest BCUT2D eigenvalue weighted by Crippen LogP contribution is 2.23. The van der Waals surface area contributed by atoms with Crippen LogP contribution in [-0.2, 0) is 13.2 Å². The highest BCUT2D eigenvalue weighted by atomic mass is 79.9. The van der Waals surface area contributed by atoms with E-state index in [1.807, 2.05) is 35.9 Å². The Hall–Kier alpha value is -1.88. The van der Waals surface area contributed by atoms with Gasteiger partial charge in [0.15, 0.2) is 0 Å². The van der Waals surface area contributed by atoms with E-state index in [9.17, 15) is 4.39 Å². The molecule has 108 valence electrons. The molecule has 5 heteroatoms. The molecule has 2 aromatic carbocycles. The maximum absolute atomic E-state index is 13.3. The largest absolute Gasteiger partial charge is 0.487 e. The SMILES string of the molecule is CCn1nc(COc2cc(F)cc(Br)c2)c2ccccc21. The summed E-state index contributed by atoms with van der Waals surface area (Å²) in [4.78, 5) is 0. The first kappa shape index (κ1) is 14.1. The Morgan fingerprint density at radius 2 is 2.05 bits per heavy atom. The number of hydrogen-bond acceptors (Lipinski definition) is 2. The van der Waals surface area contributed by atoms with Crippen LogP contribution < -0.4 is 4.74 Å². The van der Waals surface area contributed by atoms with Crippen LogP contribution in [0.3, 0.4) is 0 Å². The predicted octanol–water partition coefficient (Wildman–Crippen LogP) is 4.54. The van der Waals surface area contributed by atoms with Crippen LogP contribution in [0.1, 0.15) is 12.6 Å². The van der Waals surface area contributed by atoms with Crippen LogP contribution in [-0.4, -0.2) is 9.78 Å². The summed E-state index contributed by atoms with van der Waals surface area (Å²) in [5, 5.41) is 5.62. The third-order valence-electron chi connectivity index (χ3n) is 3.25. The van der Waals surface area contributed by atoms with Gasteiger partial charge in [-0.2, -0.15) is 5.10 Å². The molecule has 0 radical (unpaired) electrons. The highest BCUT2D eigenvalue weighted by Gasteiger charge is 2.10. The van der Waals surface area contributed by atoms with Crippen LogP contribution in [0.2, 0.25) is 0 Å². The van der Waals surface area contributed by atoms with Gasteiger partial charge in [-0.05, 0) is 25.1 Å². The summed E-state index contributed by atoms with van der Waals surface area (Å²) in [5.74, 6) is 0.153. The van der Waals surface area contributed by atoms with Gasteiger partial charge >= 0.3 is 0 Å². The van der Waals surface area contributed by atoms with Crippen molar-refractivity contribution in [2.75, 3.05) is 0 Å². The van der Waals surface area contributed by atoms with Crippen molar-refractivity contribution in [1.29, 1.82) is 0 Å². The van der Waals surface area contributed by atoms with Crippen LogP contribution >= 0.6 is 15.9 Å². The molecule has 0 bridgehead atoms. The molecule has 0 unspecified atom stereocenters.